The molecule has 0 fully saturated rings. The van der Waals surface area contributed by atoms with E-state index in [2.05, 4.69) is 10.6 Å². The topological polar surface area (TPSA) is 76.3 Å². The van der Waals surface area contributed by atoms with Gasteiger partial charge in [-0.15, -0.1) is 0 Å². The molecule has 0 bridgehead atoms. The van der Waals surface area contributed by atoms with Gasteiger partial charge in [0.2, 0.25) is 5.91 Å². The van der Waals surface area contributed by atoms with E-state index in [1.165, 1.54) is 0 Å². The number of amides is 2. The molecule has 18 heavy (non-hydrogen) atoms. The Bertz CT molecular complexity index is 582. The second-order valence-corrected chi connectivity index (χ2v) is 3.89. The van der Waals surface area contributed by atoms with Gasteiger partial charge in [-0.3, -0.25) is 9.59 Å². The predicted octanol–water partition coefficient (Wildman–Crippen LogP) is 0.637. The first kappa shape index (κ1) is 12.2. The van der Waals surface area contributed by atoms with Crippen molar-refractivity contribution >= 4 is 22.9 Å². The molecule has 0 saturated carbocycles. The number of aryl methyl sites for hydroxylation is 1. The van der Waals surface area contributed by atoms with Gasteiger partial charge in [0.25, 0.3) is 5.91 Å². The minimum Gasteiger partial charge on any atom is -0.463 e. The molecule has 2 N–H and O–H groups in total. The smallest absolute Gasteiger partial charge is 0.268 e. The van der Waals surface area contributed by atoms with E-state index in [9.17, 15) is 9.59 Å². The van der Waals surface area contributed by atoms with Gasteiger partial charge in [-0.2, -0.15) is 0 Å². The number of hydrogen-bond donors (Lipinski definition) is 2. The number of fused-ring (bicyclic) bond motifs is 1. The molecule has 0 aliphatic carbocycles. The lowest BCUT2D eigenvalue weighted by Crippen LogP contribution is -2.37. The van der Waals surface area contributed by atoms with Crippen LogP contribution < -0.4 is 10.6 Å². The van der Waals surface area contributed by atoms with Crippen molar-refractivity contribution in [3.63, 3.8) is 0 Å². The monoisotopic (exact) mass is 249 g/mol. The molecule has 0 saturated heterocycles. The summed E-state index contributed by atoms with van der Waals surface area (Å²) in [5.74, 6) is -0.501. The molecule has 2 amide bonds. The molecule has 6 nitrogen and oxygen atoms in total. The number of carbonyl (C=O) groups excluding carboxylic acids is 2. The summed E-state index contributed by atoms with van der Waals surface area (Å²) in [5, 5.41) is 5.17. The average Bonchev–Trinajstić information content (AvgIpc) is 2.90. The summed E-state index contributed by atoms with van der Waals surface area (Å²) in [5.41, 5.74) is 1.97. The van der Waals surface area contributed by atoms with Crippen LogP contribution in [0, 0.1) is 0 Å². The van der Waals surface area contributed by atoms with Gasteiger partial charge in [0.15, 0.2) is 5.58 Å². The van der Waals surface area contributed by atoms with Gasteiger partial charge >= 0.3 is 0 Å². The first-order valence-corrected chi connectivity index (χ1v) is 5.71. The number of likely N-dealkylation sites (N-methyl/N-ethyl adjacent to an activating group) is 1. The molecular formula is C12H15N3O3. The number of hydrogen-bond acceptors (Lipinski definition) is 3. The number of carbonyl (C=O) groups is 2. The summed E-state index contributed by atoms with van der Waals surface area (Å²) in [7, 11) is 1.78. The van der Waals surface area contributed by atoms with Crippen LogP contribution in [0.15, 0.2) is 22.8 Å². The van der Waals surface area contributed by atoms with Crippen LogP contribution in [0.3, 0.4) is 0 Å². The number of rotatable bonds is 4. The van der Waals surface area contributed by atoms with Crippen LogP contribution in [0.5, 0.6) is 0 Å². The fourth-order valence-corrected chi connectivity index (χ4v) is 1.78. The molecule has 6 heteroatoms. The summed E-state index contributed by atoms with van der Waals surface area (Å²) in [6.07, 6.45) is 1.57. The quantitative estimate of drug-likeness (QED) is 0.834. The summed E-state index contributed by atoms with van der Waals surface area (Å²) in [6.45, 7) is 2.34. The largest absolute Gasteiger partial charge is 0.463 e. The summed E-state index contributed by atoms with van der Waals surface area (Å²) >= 11 is 0. The molecule has 0 aromatic carbocycles. The highest BCUT2D eigenvalue weighted by Crippen LogP contribution is 2.19. The van der Waals surface area contributed by atoms with Crippen LogP contribution >= 0.6 is 0 Å². The lowest BCUT2D eigenvalue weighted by molar-refractivity contribution is -0.120. The van der Waals surface area contributed by atoms with Crippen LogP contribution in [0.4, 0.5) is 0 Å². The third kappa shape index (κ3) is 2.22. The Hall–Kier alpha value is -2.24. The molecule has 0 aliphatic heterocycles. The summed E-state index contributed by atoms with van der Waals surface area (Å²) in [4.78, 5) is 23.1. The van der Waals surface area contributed by atoms with Crippen LogP contribution in [0.2, 0.25) is 0 Å². The van der Waals surface area contributed by atoms with E-state index < -0.39 is 0 Å². The Morgan fingerprint density at radius 1 is 1.39 bits per heavy atom. The van der Waals surface area contributed by atoms with Crippen LogP contribution in [0.25, 0.3) is 11.1 Å². The zero-order valence-corrected chi connectivity index (χ0v) is 10.3. The Balaban J connectivity index is 2.07. The average molecular weight is 249 g/mol. The number of aromatic nitrogens is 1. The molecule has 2 heterocycles. The van der Waals surface area contributed by atoms with Crippen molar-refractivity contribution in [3.8, 4) is 0 Å². The maximum Gasteiger partial charge on any atom is 0.268 e. The number of furan rings is 1. The van der Waals surface area contributed by atoms with Gasteiger partial charge in [0, 0.05) is 25.7 Å². The van der Waals surface area contributed by atoms with E-state index in [1.807, 2.05) is 6.92 Å². The Morgan fingerprint density at radius 2 is 2.17 bits per heavy atom. The van der Waals surface area contributed by atoms with Gasteiger partial charge in [-0.25, -0.2) is 0 Å². The third-order valence-electron chi connectivity index (χ3n) is 2.68. The molecule has 2 aromatic heterocycles. The molecule has 0 unspecified atom stereocenters. The van der Waals surface area contributed by atoms with Crippen molar-refractivity contribution < 1.29 is 14.0 Å². The van der Waals surface area contributed by atoms with Gasteiger partial charge in [-0.05, 0) is 6.92 Å². The minimum absolute atomic E-state index is 0.0286. The summed E-state index contributed by atoms with van der Waals surface area (Å²) < 4.78 is 6.94. The van der Waals surface area contributed by atoms with E-state index in [-0.39, 0.29) is 18.4 Å². The maximum atomic E-state index is 11.9. The zero-order chi connectivity index (χ0) is 13.1. The normalized spacial score (nSPS) is 10.6. The highest BCUT2D eigenvalue weighted by atomic mass is 16.3. The van der Waals surface area contributed by atoms with Crippen molar-refractivity contribution in [3.05, 3.63) is 24.1 Å². The van der Waals surface area contributed by atoms with Gasteiger partial charge < -0.3 is 19.6 Å². The van der Waals surface area contributed by atoms with Crippen molar-refractivity contribution in [1.82, 2.24) is 15.2 Å². The molecule has 96 valence electrons. The molecule has 0 radical (unpaired) electrons. The SMILES string of the molecule is CCNC(=O)CNC(=O)c1cc2occc2n1C. The van der Waals surface area contributed by atoms with Crippen molar-refractivity contribution in [2.75, 3.05) is 13.1 Å². The lowest BCUT2D eigenvalue weighted by atomic mass is 10.4. The second-order valence-electron chi connectivity index (χ2n) is 3.89. The Kier molecular flexibility index (Phi) is 3.36. The van der Waals surface area contributed by atoms with E-state index in [4.69, 9.17) is 4.42 Å². The zero-order valence-electron chi connectivity index (χ0n) is 10.3. The van der Waals surface area contributed by atoms with Crippen molar-refractivity contribution in [2.45, 2.75) is 6.92 Å². The second kappa shape index (κ2) is 4.95. The number of nitrogens with one attached hydrogen (secondary N) is 2. The third-order valence-corrected chi connectivity index (χ3v) is 2.68. The molecule has 0 aliphatic rings. The fraction of sp³-hybridized carbons (Fsp3) is 0.333. The van der Waals surface area contributed by atoms with Crippen molar-refractivity contribution in [1.29, 1.82) is 0 Å². The number of nitrogens with zero attached hydrogens (tertiary/aromatic N) is 1. The highest BCUT2D eigenvalue weighted by molar-refractivity contribution is 5.99. The first-order chi connectivity index (χ1) is 8.63. The highest BCUT2D eigenvalue weighted by Gasteiger charge is 2.15. The van der Waals surface area contributed by atoms with Gasteiger partial charge in [0.1, 0.15) is 5.69 Å². The van der Waals surface area contributed by atoms with E-state index in [1.54, 1.807) is 30.0 Å². The predicted molar refractivity (Wildman–Crippen MR) is 66.2 cm³/mol. The molecular weight excluding hydrogens is 234 g/mol. The molecule has 2 rings (SSSR count). The van der Waals surface area contributed by atoms with E-state index in [0.717, 1.165) is 5.52 Å². The van der Waals surface area contributed by atoms with Crippen LogP contribution in [-0.4, -0.2) is 29.5 Å². The fourth-order valence-electron chi connectivity index (χ4n) is 1.78. The Labute approximate surface area is 104 Å². The minimum atomic E-state index is -0.296. The van der Waals surface area contributed by atoms with E-state index in [0.29, 0.717) is 17.8 Å². The molecule has 2 aromatic rings. The first-order valence-electron chi connectivity index (χ1n) is 5.71. The standard InChI is InChI=1S/C12H15N3O3/c1-3-13-11(16)7-14-12(17)9-6-10-8(15(9)2)4-5-18-10/h4-6H,3,7H2,1-2H3,(H,13,16)(H,14,17). The van der Waals surface area contributed by atoms with Gasteiger partial charge in [0.05, 0.1) is 18.3 Å². The Morgan fingerprint density at radius 3 is 2.83 bits per heavy atom. The van der Waals surface area contributed by atoms with E-state index >= 15 is 0 Å². The van der Waals surface area contributed by atoms with Crippen molar-refractivity contribution in [2.24, 2.45) is 7.05 Å². The molecule has 0 spiro atoms. The maximum absolute atomic E-state index is 11.9. The lowest BCUT2D eigenvalue weighted by Gasteiger charge is -2.06. The summed E-state index contributed by atoms with van der Waals surface area (Å²) in [6, 6.07) is 3.44. The van der Waals surface area contributed by atoms with Crippen LogP contribution in [-0.2, 0) is 11.8 Å². The molecule has 0 atom stereocenters. The van der Waals surface area contributed by atoms with Crippen LogP contribution in [0.1, 0.15) is 17.4 Å². The van der Waals surface area contributed by atoms with Gasteiger partial charge in [-0.1, -0.05) is 0 Å².